The topological polar surface area (TPSA) is 64.3 Å². The third kappa shape index (κ3) is 3.84. The zero-order chi connectivity index (χ0) is 15.4. The monoisotopic (exact) mass is 288 g/mol. The highest BCUT2D eigenvalue weighted by atomic mass is 16.5. The van der Waals surface area contributed by atoms with E-state index in [2.05, 4.69) is 4.98 Å². The number of carbonyl (C=O) groups is 1. The fourth-order valence-corrected chi connectivity index (χ4v) is 2.14. The molecule has 112 valence electrons. The van der Waals surface area contributed by atoms with Crippen LogP contribution < -0.4 is 4.74 Å². The molecule has 0 radical (unpaired) electrons. The second kappa shape index (κ2) is 6.43. The van der Waals surface area contributed by atoms with E-state index in [4.69, 9.17) is 9.84 Å². The first kappa shape index (κ1) is 15.1. The van der Waals surface area contributed by atoms with E-state index >= 15 is 0 Å². The van der Waals surface area contributed by atoms with Crippen LogP contribution in [0, 0.1) is 0 Å². The van der Waals surface area contributed by atoms with Crippen molar-refractivity contribution >= 4 is 5.97 Å². The SMILES string of the molecule is CC(C)Oc1ccc(-c2ncc(CCC(=O)O)n2C)cc1. The van der Waals surface area contributed by atoms with Crippen molar-refractivity contribution in [1.82, 2.24) is 9.55 Å². The Hall–Kier alpha value is -2.30. The van der Waals surface area contributed by atoms with Crippen molar-refractivity contribution in [3.63, 3.8) is 0 Å². The Morgan fingerprint density at radius 3 is 2.57 bits per heavy atom. The van der Waals surface area contributed by atoms with Crippen LogP contribution in [0.2, 0.25) is 0 Å². The lowest BCUT2D eigenvalue weighted by Crippen LogP contribution is -2.05. The van der Waals surface area contributed by atoms with Gasteiger partial charge in [0.05, 0.1) is 12.5 Å². The molecule has 0 aliphatic rings. The summed E-state index contributed by atoms with van der Waals surface area (Å²) in [5, 5.41) is 8.75. The van der Waals surface area contributed by atoms with Crippen LogP contribution in [0.1, 0.15) is 26.0 Å². The molecule has 0 fully saturated rings. The molecule has 0 aliphatic carbocycles. The first-order valence-corrected chi connectivity index (χ1v) is 6.97. The number of imidazole rings is 1. The minimum Gasteiger partial charge on any atom is -0.491 e. The minimum atomic E-state index is -0.798. The highest BCUT2D eigenvalue weighted by Gasteiger charge is 2.10. The van der Waals surface area contributed by atoms with Crippen LogP contribution in [-0.4, -0.2) is 26.7 Å². The Balaban J connectivity index is 2.16. The Labute approximate surface area is 124 Å². The Bertz CT molecular complexity index is 615. The van der Waals surface area contributed by atoms with Gasteiger partial charge in [-0.15, -0.1) is 0 Å². The smallest absolute Gasteiger partial charge is 0.303 e. The summed E-state index contributed by atoms with van der Waals surface area (Å²) < 4.78 is 7.54. The van der Waals surface area contributed by atoms with E-state index in [-0.39, 0.29) is 12.5 Å². The van der Waals surface area contributed by atoms with Gasteiger partial charge in [-0.25, -0.2) is 4.98 Å². The van der Waals surface area contributed by atoms with Gasteiger partial charge < -0.3 is 14.4 Å². The van der Waals surface area contributed by atoms with Gasteiger partial charge >= 0.3 is 5.97 Å². The number of ether oxygens (including phenoxy) is 1. The van der Waals surface area contributed by atoms with E-state index in [1.807, 2.05) is 49.7 Å². The van der Waals surface area contributed by atoms with E-state index < -0.39 is 5.97 Å². The van der Waals surface area contributed by atoms with Crippen molar-refractivity contribution in [3.8, 4) is 17.1 Å². The lowest BCUT2D eigenvalue weighted by Gasteiger charge is -2.10. The second-order valence-corrected chi connectivity index (χ2v) is 5.22. The summed E-state index contributed by atoms with van der Waals surface area (Å²) in [6.07, 6.45) is 2.47. The Morgan fingerprint density at radius 1 is 1.33 bits per heavy atom. The number of carboxylic acid groups (broad SMARTS) is 1. The van der Waals surface area contributed by atoms with Crippen LogP contribution in [0.3, 0.4) is 0 Å². The molecule has 5 nitrogen and oxygen atoms in total. The number of hydrogen-bond acceptors (Lipinski definition) is 3. The third-order valence-corrected chi connectivity index (χ3v) is 3.16. The summed E-state index contributed by atoms with van der Waals surface area (Å²) in [6.45, 7) is 3.97. The molecule has 0 bridgehead atoms. The van der Waals surface area contributed by atoms with Gasteiger partial charge in [0.1, 0.15) is 11.6 Å². The molecule has 1 N–H and O–H groups in total. The molecule has 0 aliphatic heterocycles. The van der Waals surface area contributed by atoms with E-state index in [1.165, 1.54) is 0 Å². The Morgan fingerprint density at radius 2 is 2.00 bits per heavy atom. The maximum atomic E-state index is 10.6. The van der Waals surface area contributed by atoms with Crippen molar-refractivity contribution in [2.24, 2.45) is 7.05 Å². The number of rotatable bonds is 6. The molecule has 2 aromatic rings. The average Bonchev–Trinajstić information content (AvgIpc) is 2.78. The summed E-state index contributed by atoms with van der Waals surface area (Å²) >= 11 is 0. The summed E-state index contributed by atoms with van der Waals surface area (Å²) in [6, 6.07) is 7.75. The van der Waals surface area contributed by atoms with Gasteiger partial charge in [0.25, 0.3) is 0 Å². The van der Waals surface area contributed by atoms with E-state index in [9.17, 15) is 4.79 Å². The molecule has 2 rings (SSSR count). The van der Waals surface area contributed by atoms with Gasteiger partial charge in [-0.1, -0.05) is 0 Å². The van der Waals surface area contributed by atoms with Gasteiger partial charge in [-0.2, -0.15) is 0 Å². The largest absolute Gasteiger partial charge is 0.491 e. The molecule has 5 heteroatoms. The zero-order valence-corrected chi connectivity index (χ0v) is 12.5. The number of aryl methyl sites for hydroxylation is 1. The van der Waals surface area contributed by atoms with Crippen LogP contribution in [0.5, 0.6) is 5.75 Å². The number of benzene rings is 1. The number of aliphatic carboxylic acids is 1. The van der Waals surface area contributed by atoms with Gasteiger partial charge in [-0.3, -0.25) is 4.79 Å². The third-order valence-electron chi connectivity index (χ3n) is 3.16. The van der Waals surface area contributed by atoms with Gasteiger partial charge in [-0.05, 0) is 44.5 Å². The molecule has 0 spiro atoms. The molecule has 0 unspecified atom stereocenters. The van der Waals surface area contributed by atoms with Crippen molar-refractivity contribution in [2.45, 2.75) is 32.8 Å². The van der Waals surface area contributed by atoms with E-state index in [0.717, 1.165) is 22.8 Å². The van der Waals surface area contributed by atoms with Crippen LogP contribution in [0.4, 0.5) is 0 Å². The highest BCUT2D eigenvalue weighted by Crippen LogP contribution is 2.22. The van der Waals surface area contributed by atoms with Gasteiger partial charge in [0.2, 0.25) is 0 Å². The summed E-state index contributed by atoms with van der Waals surface area (Å²) in [7, 11) is 1.90. The molecule has 0 amide bonds. The van der Waals surface area contributed by atoms with Crippen molar-refractivity contribution < 1.29 is 14.6 Å². The number of hydrogen-bond donors (Lipinski definition) is 1. The fourth-order valence-electron chi connectivity index (χ4n) is 2.14. The fraction of sp³-hybridized carbons (Fsp3) is 0.375. The van der Waals surface area contributed by atoms with E-state index in [1.54, 1.807) is 6.20 Å². The summed E-state index contributed by atoms with van der Waals surface area (Å²) in [5.74, 6) is 0.855. The van der Waals surface area contributed by atoms with Crippen molar-refractivity contribution in [1.29, 1.82) is 0 Å². The van der Waals surface area contributed by atoms with Crippen molar-refractivity contribution in [3.05, 3.63) is 36.2 Å². The molecule has 1 aromatic carbocycles. The number of nitrogens with zero attached hydrogens (tertiary/aromatic N) is 2. The molecule has 1 heterocycles. The molecule has 0 saturated carbocycles. The highest BCUT2D eigenvalue weighted by molar-refractivity contribution is 5.67. The Kier molecular flexibility index (Phi) is 4.62. The van der Waals surface area contributed by atoms with Crippen LogP contribution in [0.15, 0.2) is 30.5 Å². The molecule has 1 aromatic heterocycles. The number of carboxylic acids is 1. The molecular formula is C16H20N2O3. The molecular weight excluding hydrogens is 268 g/mol. The van der Waals surface area contributed by atoms with Crippen molar-refractivity contribution in [2.75, 3.05) is 0 Å². The average molecular weight is 288 g/mol. The second-order valence-electron chi connectivity index (χ2n) is 5.22. The first-order valence-electron chi connectivity index (χ1n) is 6.97. The summed E-state index contributed by atoms with van der Waals surface area (Å²) in [5.41, 5.74) is 1.89. The predicted octanol–water partition coefficient (Wildman–Crippen LogP) is 2.89. The quantitative estimate of drug-likeness (QED) is 0.887. The predicted molar refractivity (Wildman–Crippen MR) is 80.4 cm³/mol. The van der Waals surface area contributed by atoms with Gasteiger partial charge in [0, 0.05) is 24.5 Å². The van der Waals surface area contributed by atoms with Crippen LogP contribution in [0.25, 0.3) is 11.4 Å². The van der Waals surface area contributed by atoms with Crippen LogP contribution in [-0.2, 0) is 18.3 Å². The number of aromatic nitrogens is 2. The molecule has 0 atom stereocenters. The van der Waals surface area contributed by atoms with Gasteiger partial charge in [0.15, 0.2) is 0 Å². The zero-order valence-electron chi connectivity index (χ0n) is 12.5. The van der Waals surface area contributed by atoms with E-state index in [0.29, 0.717) is 6.42 Å². The maximum absolute atomic E-state index is 10.6. The van der Waals surface area contributed by atoms with Crippen LogP contribution >= 0.6 is 0 Å². The normalized spacial score (nSPS) is 10.9. The summed E-state index contributed by atoms with van der Waals surface area (Å²) in [4.78, 5) is 15.0. The standard InChI is InChI=1S/C16H20N2O3/c1-11(2)21-14-7-4-12(5-8-14)16-17-10-13(18(16)3)6-9-15(19)20/h4-5,7-8,10-11H,6,9H2,1-3H3,(H,19,20). The lowest BCUT2D eigenvalue weighted by atomic mass is 10.2. The first-order chi connectivity index (χ1) is 9.97. The maximum Gasteiger partial charge on any atom is 0.303 e. The molecule has 21 heavy (non-hydrogen) atoms. The lowest BCUT2D eigenvalue weighted by molar-refractivity contribution is -0.136. The molecule has 0 saturated heterocycles. The minimum absolute atomic E-state index is 0.111.